The Labute approximate surface area is 211 Å². The Balaban J connectivity index is 1.31. The minimum Gasteiger partial charge on any atom is -0.354 e. The fraction of sp³-hybridized carbons (Fsp3) is 0.394. The van der Waals surface area contributed by atoms with Crippen LogP contribution >= 0.6 is 0 Å². The third-order valence-corrected chi connectivity index (χ3v) is 8.54. The van der Waals surface area contributed by atoms with Crippen LogP contribution in [0.2, 0.25) is 0 Å². The lowest BCUT2D eigenvalue weighted by atomic mass is 9.81. The lowest BCUT2D eigenvalue weighted by Crippen LogP contribution is -2.44. The smallest absolute Gasteiger partial charge is 0.0804 e. The summed E-state index contributed by atoms with van der Waals surface area (Å²) in [5.74, 6) is 0. The van der Waals surface area contributed by atoms with Gasteiger partial charge in [-0.15, -0.1) is 0 Å². The summed E-state index contributed by atoms with van der Waals surface area (Å²) in [6, 6.07) is 27.6. The zero-order chi connectivity index (χ0) is 23.8. The number of rotatable bonds is 7. The monoisotopic (exact) mass is 462 g/mol. The number of fused-ring (bicyclic) bond motifs is 1. The van der Waals surface area contributed by atoms with Crippen LogP contribution in [0.4, 0.5) is 0 Å². The first-order valence-corrected chi connectivity index (χ1v) is 13.6. The maximum Gasteiger partial charge on any atom is 0.0804 e. The van der Waals surface area contributed by atoms with Gasteiger partial charge in [-0.1, -0.05) is 84.9 Å². The van der Waals surface area contributed by atoms with Crippen molar-refractivity contribution in [3.63, 3.8) is 0 Å². The summed E-state index contributed by atoms with van der Waals surface area (Å²) in [5, 5.41) is 0. The first kappa shape index (κ1) is 22.6. The molecule has 3 aromatic rings. The molecular formula is C33H38N2. The average Bonchev–Trinajstić information content (AvgIpc) is 3.43. The van der Waals surface area contributed by atoms with Crippen molar-refractivity contribution in [1.82, 2.24) is 9.80 Å². The van der Waals surface area contributed by atoms with Crippen LogP contribution in [-0.4, -0.2) is 35.0 Å². The van der Waals surface area contributed by atoms with Gasteiger partial charge in [-0.3, -0.25) is 0 Å². The highest BCUT2D eigenvalue weighted by Gasteiger charge is 2.54. The van der Waals surface area contributed by atoms with Crippen LogP contribution in [0.3, 0.4) is 0 Å². The molecule has 0 bridgehead atoms. The van der Waals surface area contributed by atoms with Gasteiger partial charge in [0.25, 0.3) is 0 Å². The largest absolute Gasteiger partial charge is 0.354 e. The second kappa shape index (κ2) is 9.32. The van der Waals surface area contributed by atoms with Gasteiger partial charge in [0.15, 0.2) is 0 Å². The molecule has 2 heterocycles. The lowest BCUT2D eigenvalue weighted by molar-refractivity contribution is 0.207. The summed E-state index contributed by atoms with van der Waals surface area (Å²) < 4.78 is 0. The Kier molecular flexibility index (Phi) is 6.02. The molecule has 2 heteroatoms. The summed E-state index contributed by atoms with van der Waals surface area (Å²) in [6.07, 6.45) is 8.80. The van der Waals surface area contributed by atoms with Gasteiger partial charge in [0, 0.05) is 11.2 Å². The van der Waals surface area contributed by atoms with Gasteiger partial charge in [0.2, 0.25) is 0 Å². The molecule has 1 saturated heterocycles. The van der Waals surface area contributed by atoms with Crippen LogP contribution < -0.4 is 0 Å². The normalized spacial score (nSPS) is 20.7. The average molecular weight is 463 g/mol. The molecule has 180 valence electrons. The minimum atomic E-state index is 0.201. The van der Waals surface area contributed by atoms with E-state index in [9.17, 15) is 0 Å². The van der Waals surface area contributed by atoms with E-state index in [1.54, 1.807) is 0 Å². The summed E-state index contributed by atoms with van der Waals surface area (Å²) in [7, 11) is 0. The Hall–Kier alpha value is -2.84. The van der Waals surface area contributed by atoms with Crippen molar-refractivity contribution in [2.45, 2.75) is 63.5 Å². The van der Waals surface area contributed by atoms with Crippen molar-refractivity contribution in [3.8, 4) is 0 Å². The van der Waals surface area contributed by atoms with E-state index in [0.29, 0.717) is 0 Å². The molecule has 35 heavy (non-hydrogen) atoms. The molecule has 0 amide bonds. The molecule has 2 nitrogen and oxygen atoms in total. The highest BCUT2D eigenvalue weighted by atomic mass is 15.3. The van der Waals surface area contributed by atoms with Crippen LogP contribution in [0.1, 0.15) is 71.5 Å². The zero-order valence-electron chi connectivity index (χ0n) is 21.2. The maximum atomic E-state index is 4.67. The molecule has 2 fully saturated rings. The number of hydrogen-bond acceptors (Lipinski definition) is 2. The van der Waals surface area contributed by atoms with Crippen molar-refractivity contribution < 1.29 is 0 Å². The molecule has 3 aliphatic rings. The van der Waals surface area contributed by atoms with Crippen molar-refractivity contribution in [3.05, 3.63) is 113 Å². The summed E-state index contributed by atoms with van der Waals surface area (Å²) >= 11 is 0. The number of likely N-dealkylation sites (tertiary alicyclic amines) is 1. The van der Waals surface area contributed by atoms with Crippen molar-refractivity contribution in [2.75, 3.05) is 19.6 Å². The topological polar surface area (TPSA) is 6.48 Å². The van der Waals surface area contributed by atoms with Crippen molar-refractivity contribution >= 4 is 5.70 Å². The Morgan fingerprint density at radius 1 is 0.943 bits per heavy atom. The molecule has 1 unspecified atom stereocenters. The van der Waals surface area contributed by atoms with Crippen LogP contribution in [0, 0.1) is 6.92 Å². The number of benzene rings is 3. The molecule has 2 aliphatic heterocycles. The predicted molar refractivity (Wildman–Crippen MR) is 146 cm³/mol. The van der Waals surface area contributed by atoms with E-state index in [0.717, 1.165) is 12.1 Å². The number of hydrogen-bond donors (Lipinski definition) is 0. The second-order valence-corrected chi connectivity index (χ2v) is 11.1. The summed E-state index contributed by atoms with van der Waals surface area (Å²) in [5.41, 5.74) is 9.79. The molecule has 1 atom stereocenters. The fourth-order valence-electron chi connectivity index (χ4n) is 6.49. The lowest BCUT2D eigenvalue weighted by Gasteiger charge is -2.47. The third kappa shape index (κ3) is 4.45. The van der Waals surface area contributed by atoms with Crippen LogP contribution in [0.15, 0.2) is 79.4 Å². The SMILES string of the molecule is C=C(c1ccccc1)N1C(c2ccc(CCCN3CCCC3)cc2)c2ccc(C)cc2CC12CC2. The highest BCUT2D eigenvalue weighted by Crippen LogP contribution is 2.56. The maximum absolute atomic E-state index is 4.67. The molecule has 3 aromatic carbocycles. The van der Waals surface area contributed by atoms with Gasteiger partial charge in [0.05, 0.1) is 6.04 Å². The Morgan fingerprint density at radius 3 is 2.40 bits per heavy atom. The van der Waals surface area contributed by atoms with E-state index in [-0.39, 0.29) is 11.6 Å². The summed E-state index contributed by atoms with van der Waals surface area (Å²) in [6.45, 7) is 10.7. The Morgan fingerprint density at radius 2 is 1.69 bits per heavy atom. The first-order valence-electron chi connectivity index (χ1n) is 13.6. The molecule has 0 N–H and O–H groups in total. The minimum absolute atomic E-state index is 0.201. The van der Waals surface area contributed by atoms with Crippen molar-refractivity contribution in [2.24, 2.45) is 0 Å². The number of aryl methyl sites for hydroxylation is 2. The molecule has 6 rings (SSSR count). The quantitative estimate of drug-likeness (QED) is 0.367. The standard InChI is InChI=1S/C33H38N2/c1-25-12-17-31-30(23-25)24-33(18-19-33)35(26(2)28-10-4-3-5-11-28)32(31)29-15-13-27(14-16-29)9-8-22-34-20-6-7-21-34/h3-5,10-17,23,32H,2,6-9,18-22,24H2,1H3. The predicted octanol–water partition coefficient (Wildman–Crippen LogP) is 7.17. The van der Waals surface area contributed by atoms with Crippen LogP contribution in [-0.2, 0) is 12.8 Å². The summed E-state index contributed by atoms with van der Waals surface area (Å²) in [4.78, 5) is 5.31. The van der Waals surface area contributed by atoms with Gasteiger partial charge in [-0.05, 0) is 99.3 Å². The van der Waals surface area contributed by atoms with E-state index in [2.05, 4.69) is 96.1 Å². The molecule has 1 aliphatic carbocycles. The van der Waals surface area contributed by atoms with E-state index in [1.807, 2.05) is 0 Å². The number of nitrogens with zero attached hydrogens (tertiary/aromatic N) is 2. The van der Waals surface area contributed by atoms with Crippen molar-refractivity contribution in [1.29, 1.82) is 0 Å². The van der Waals surface area contributed by atoms with Gasteiger partial charge < -0.3 is 9.80 Å². The highest BCUT2D eigenvalue weighted by molar-refractivity contribution is 5.66. The molecule has 0 radical (unpaired) electrons. The van der Waals surface area contributed by atoms with Gasteiger partial charge in [-0.25, -0.2) is 0 Å². The molecule has 1 saturated carbocycles. The molecular weight excluding hydrogens is 424 g/mol. The second-order valence-electron chi connectivity index (χ2n) is 11.1. The van der Waals surface area contributed by atoms with E-state index < -0.39 is 0 Å². The molecule has 0 aromatic heterocycles. The van der Waals surface area contributed by atoms with E-state index >= 15 is 0 Å². The third-order valence-electron chi connectivity index (χ3n) is 8.54. The fourth-order valence-corrected chi connectivity index (χ4v) is 6.49. The van der Waals surface area contributed by atoms with Gasteiger partial charge in [0.1, 0.15) is 0 Å². The zero-order valence-corrected chi connectivity index (χ0v) is 21.2. The van der Waals surface area contributed by atoms with Crippen LogP contribution in [0.5, 0.6) is 0 Å². The van der Waals surface area contributed by atoms with E-state index in [1.165, 1.54) is 91.5 Å². The van der Waals surface area contributed by atoms with Gasteiger partial charge in [-0.2, -0.15) is 0 Å². The molecule has 1 spiro atoms. The van der Waals surface area contributed by atoms with Gasteiger partial charge >= 0.3 is 0 Å². The van der Waals surface area contributed by atoms with Crippen LogP contribution in [0.25, 0.3) is 5.70 Å². The Bertz CT molecular complexity index is 1180. The van der Waals surface area contributed by atoms with E-state index in [4.69, 9.17) is 0 Å². The first-order chi connectivity index (χ1) is 17.1.